The van der Waals surface area contributed by atoms with Crippen molar-refractivity contribution in [2.45, 2.75) is 58.9 Å². The molecule has 0 aliphatic carbocycles. The first-order valence-electron chi connectivity index (χ1n) is 6.94. The lowest BCUT2D eigenvalue weighted by atomic mass is 9.89. The monoisotopic (exact) mass is 315 g/mol. The molecule has 1 aromatic rings. The highest BCUT2D eigenvalue weighted by Crippen LogP contribution is 2.24. The van der Waals surface area contributed by atoms with Gasteiger partial charge in [-0.3, -0.25) is 4.68 Å². The zero-order valence-corrected chi connectivity index (χ0v) is 13.6. The lowest BCUT2D eigenvalue weighted by Crippen LogP contribution is -2.32. The maximum Gasteiger partial charge on any atom is 0.0738 e. The summed E-state index contributed by atoms with van der Waals surface area (Å²) in [5.74, 6) is 0.618. The Morgan fingerprint density at radius 3 is 2.50 bits per heavy atom. The van der Waals surface area contributed by atoms with Gasteiger partial charge in [0.1, 0.15) is 0 Å². The van der Waals surface area contributed by atoms with Crippen LogP contribution in [0.4, 0.5) is 0 Å². The van der Waals surface area contributed by atoms with Crippen LogP contribution in [-0.2, 0) is 13.5 Å². The first-order chi connectivity index (χ1) is 8.51. The number of nitrogens with two attached hydrogens (primary N) is 1. The van der Waals surface area contributed by atoms with Crippen molar-refractivity contribution in [1.29, 1.82) is 0 Å². The number of rotatable bonds is 7. The van der Waals surface area contributed by atoms with Gasteiger partial charge in [-0.05, 0) is 35.2 Å². The number of nitrogens with zero attached hydrogens (tertiary/aromatic N) is 2. The molecule has 2 unspecified atom stereocenters. The topological polar surface area (TPSA) is 43.8 Å². The number of unbranched alkanes of at least 4 members (excludes halogenated alkanes) is 1. The Morgan fingerprint density at radius 2 is 2.06 bits per heavy atom. The van der Waals surface area contributed by atoms with E-state index in [0.29, 0.717) is 5.92 Å². The molecule has 2 atom stereocenters. The summed E-state index contributed by atoms with van der Waals surface area (Å²) in [6.45, 7) is 6.50. The summed E-state index contributed by atoms with van der Waals surface area (Å²) in [6.07, 6.45) is 5.83. The minimum absolute atomic E-state index is 0.229. The second-order valence-electron chi connectivity index (χ2n) is 5.15. The van der Waals surface area contributed by atoms with E-state index >= 15 is 0 Å². The molecule has 0 saturated heterocycles. The third-order valence-electron chi connectivity index (χ3n) is 3.75. The van der Waals surface area contributed by atoms with E-state index in [2.05, 4.69) is 34.9 Å². The molecule has 0 spiro atoms. The molecule has 1 rings (SSSR count). The number of hydrogen-bond donors (Lipinski definition) is 1. The molecule has 4 heteroatoms. The third-order valence-corrected chi connectivity index (χ3v) is 4.78. The fourth-order valence-corrected chi connectivity index (χ4v) is 2.98. The Balaban J connectivity index is 2.70. The van der Waals surface area contributed by atoms with E-state index in [1.807, 2.05) is 18.7 Å². The molecule has 1 heterocycles. The molecule has 1 aromatic heterocycles. The standard InChI is InChI=1S/C14H26BrN3/c1-5-7-8-11(6-2)12(16)9-13-14(15)10(3)17-18(13)4/h11-12H,5-9,16H2,1-4H3. The highest BCUT2D eigenvalue weighted by atomic mass is 79.9. The Hall–Kier alpha value is -0.350. The number of halogens is 1. The van der Waals surface area contributed by atoms with Crippen molar-refractivity contribution in [3.8, 4) is 0 Å². The first-order valence-corrected chi connectivity index (χ1v) is 7.74. The molecule has 0 amide bonds. The molecule has 2 N–H and O–H groups in total. The molecule has 0 saturated carbocycles. The van der Waals surface area contributed by atoms with Crippen LogP contribution in [0, 0.1) is 12.8 Å². The average molecular weight is 316 g/mol. The van der Waals surface area contributed by atoms with Crippen molar-refractivity contribution < 1.29 is 0 Å². The van der Waals surface area contributed by atoms with Gasteiger partial charge in [0, 0.05) is 19.5 Å². The van der Waals surface area contributed by atoms with E-state index in [1.165, 1.54) is 25.0 Å². The Labute approximate surface area is 119 Å². The van der Waals surface area contributed by atoms with Crippen LogP contribution in [0.2, 0.25) is 0 Å². The predicted octanol–water partition coefficient (Wildman–Crippen LogP) is 3.58. The number of aromatic nitrogens is 2. The van der Waals surface area contributed by atoms with Crippen LogP contribution in [0.3, 0.4) is 0 Å². The van der Waals surface area contributed by atoms with Gasteiger partial charge in [-0.2, -0.15) is 5.10 Å². The second kappa shape index (κ2) is 7.29. The summed E-state index contributed by atoms with van der Waals surface area (Å²) in [4.78, 5) is 0. The van der Waals surface area contributed by atoms with Crippen molar-refractivity contribution in [1.82, 2.24) is 9.78 Å². The minimum Gasteiger partial charge on any atom is -0.327 e. The van der Waals surface area contributed by atoms with Gasteiger partial charge in [-0.15, -0.1) is 0 Å². The van der Waals surface area contributed by atoms with Crippen molar-refractivity contribution in [2.24, 2.45) is 18.7 Å². The molecule has 0 aliphatic heterocycles. The van der Waals surface area contributed by atoms with Gasteiger partial charge in [-0.25, -0.2) is 0 Å². The summed E-state index contributed by atoms with van der Waals surface area (Å²) in [7, 11) is 1.99. The molecular weight excluding hydrogens is 290 g/mol. The summed E-state index contributed by atoms with van der Waals surface area (Å²) < 4.78 is 3.07. The minimum atomic E-state index is 0.229. The molecule has 3 nitrogen and oxygen atoms in total. The normalized spacial score (nSPS) is 14.8. The Bertz CT molecular complexity index is 373. The molecule has 0 aliphatic rings. The van der Waals surface area contributed by atoms with Crippen molar-refractivity contribution in [2.75, 3.05) is 0 Å². The van der Waals surface area contributed by atoms with Gasteiger partial charge in [-0.1, -0.05) is 33.1 Å². The zero-order valence-electron chi connectivity index (χ0n) is 12.0. The molecule has 104 valence electrons. The smallest absolute Gasteiger partial charge is 0.0738 e. The van der Waals surface area contributed by atoms with Crippen LogP contribution in [-0.4, -0.2) is 15.8 Å². The first kappa shape index (κ1) is 15.7. The number of aryl methyl sites for hydroxylation is 2. The van der Waals surface area contributed by atoms with Crippen LogP contribution < -0.4 is 5.73 Å². The van der Waals surface area contributed by atoms with E-state index < -0.39 is 0 Å². The van der Waals surface area contributed by atoms with Crippen LogP contribution in [0.1, 0.15) is 50.9 Å². The summed E-state index contributed by atoms with van der Waals surface area (Å²) in [5.41, 5.74) is 8.65. The summed E-state index contributed by atoms with van der Waals surface area (Å²) in [5, 5.41) is 4.43. The highest BCUT2D eigenvalue weighted by molar-refractivity contribution is 9.10. The lowest BCUT2D eigenvalue weighted by molar-refractivity contribution is 0.364. The molecule has 0 radical (unpaired) electrons. The van der Waals surface area contributed by atoms with Crippen LogP contribution in [0.25, 0.3) is 0 Å². The summed E-state index contributed by atoms with van der Waals surface area (Å²) in [6, 6.07) is 0.229. The molecule has 0 bridgehead atoms. The fraction of sp³-hybridized carbons (Fsp3) is 0.786. The SMILES string of the molecule is CCCCC(CC)C(N)Cc1c(Br)c(C)nn1C. The van der Waals surface area contributed by atoms with Gasteiger partial charge >= 0.3 is 0 Å². The lowest BCUT2D eigenvalue weighted by Gasteiger charge is -2.22. The quantitative estimate of drug-likeness (QED) is 0.835. The van der Waals surface area contributed by atoms with Gasteiger partial charge in [0.15, 0.2) is 0 Å². The van der Waals surface area contributed by atoms with E-state index in [-0.39, 0.29) is 6.04 Å². The Kier molecular flexibility index (Phi) is 6.36. The zero-order chi connectivity index (χ0) is 13.7. The van der Waals surface area contributed by atoms with E-state index in [9.17, 15) is 0 Å². The largest absolute Gasteiger partial charge is 0.327 e. The Morgan fingerprint density at radius 1 is 1.39 bits per heavy atom. The molecular formula is C14H26BrN3. The third kappa shape index (κ3) is 3.82. The second-order valence-corrected chi connectivity index (χ2v) is 5.94. The molecule has 0 aromatic carbocycles. The van der Waals surface area contributed by atoms with Gasteiger partial charge in [0.05, 0.1) is 15.9 Å². The number of hydrogen-bond acceptors (Lipinski definition) is 2. The predicted molar refractivity (Wildman–Crippen MR) is 80.6 cm³/mol. The van der Waals surface area contributed by atoms with Gasteiger partial charge in [0.2, 0.25) is 0 Å². The maximum absolute atomic E-state index is 6.39. The van der Waals surface area contributed by atoms with Gasteiger partial charge < -0.3 is 5.73 Å². The van der Waals surface area contributed by atoms with Crippen LogP contribution in [0.15, 0.2) is 4.47 Å². The molecule has 0 fully saturated rings. The van der Waals surface area contributed by atoms with Crippen LogP contribution in [0.5, 0.6) is 0 Å². The van der Waals surface area contributed by atoms with E-state index in [1.54, 1.807) is 0 Å². The van der Waals surface area contributed by atoms with Crippen molar-refractivity contribution >= 4 is 15.9 Å². The highest BCUT2D eigenvalue weighted by Gasteiger charge is 2.20. The van der Waals surface area contributed by atoms with Crippen molar-refractivity contribution in [3.05, 3.63) is 15.9 Å². The average Bonchev–Trinajstić information content (AvgIpc) is 2.57. The maximum atomic E-state index is 6.39. The fourth-order valence-electron chi connectivity index (χ4n) is 2.48. The summed E-state index contributed by atoms with van der Waals surface area (Å²) >= 11 is 3.61. The van der Waals surface area contributed by atoms with Crippen molar-refractivity contribution in [3.63, 3.8) is 0 Å². The van der Waals surface area contributed by atoms with E-state index in [0.717, 1.165) is 23.0 Å². The molecule has 18 heavy (non-hydrogen) atoms. The van der Waals surface area contributed by atoms with E-state index in [4.69, 9.17) is 5.73 Å². The van der Waals surface area contributed by atoms with Crippen LogP contribution >= 0.6 is 15.9 Å². The van der Waals surface area contributed by atoms with Gasteiger partial charge in [0.25, 0.3) is 0 Å².